The maximum absolute atomic E-state index is 12.9. The van der Waals surface area contributed by atoms with E-state index in [2.05, 4.69) is 10.4 Å². The van der Waals surface area contributed by atoms with Crippen LogP contribution in [-0.2, 0) is 9.59 Å². The van der Waals surface area contributed by atoms with E-state index in [-0.39, 0.29) is 12.1 Å². The van der Waals surface area contributed by atoms with Gasteiger partial charge in [0, 0.05) is 12.1 Å². The molecule has 2 aromatic carbocycles. The maximum atomic E-state index is 12.9. The number of hydrazone groups is 1. The SMILES string of the molecule is NC(=O)C1CC(C(=O)Nc2ccc(F)cc2)=NN1c1ccccc1. The summed E-state index contributed by atoms with van der Waals surface area (Å²) in [5.74, 6) is -1.41. The molecule has 1 aliphatic rings. The van der Waals surface area contributed by atoms with Crippen LogP contribution in [0.3, 0.4) is 0 Å². The number of benzene rings is 2. The second-order valence-corrected chi connectivity index (χ2v) is 5.31. The first-order valence-corrected chi connectivity index (χ1v) is 7.32. The number of nitrogens with two attached hydrogens (primary N) is 1. The van der Waals surface area contributed by atoms with Crippen molar-refractivity contribution in [1.29, 1.82) is 0 Å². The van der Waals surface area contributed by atoms with Crippen LogP contribution in [-0.4, -0.2) is 23.6 Å². The smallest absolute Gasteiger partial charge is 0.271 e. The van der Waals surface area contributed by atoms with Crippen LogP contribution >= 0.6 is 0 Å². The summed E-state index contributed by atoms with van der Waals surface area (Å²) in [5.41, 5.74) is 6.73. The quantitative estimate of drug-likeness (QED) is 0.899. The molecule has 122 valence electrons. The standard InChI is InChI=1S/C17H15FN4O2/c18-11-6-8-12(9-7-11)20-17(24)14-10-15(16(19)23)22(21-14)13-4-2-1-3-5-13/h1-9,15H,10H2,(H2,19,23)(H,20,24). The molecule has 1 unspecified atom stereocenters. The van der Waals surface area contributed by atoms with Crippen molar-refractivity contribution in [1.82, 2.24) is 0 Å². The second-order valence-electron chi connectivity index (χ2n) is 5.31. The fourth-order valence-corrected chi connectivity index (χ4v) is 2.42. The van der Waals surface area contributed by atoms with Gasteiger partial charge in [-0.05, 0) is 36.4 Å². The van der Waals surface area contributed by atoms with Crippen LogP contribution in [0, 0.1) is 5.82 Å². The minimum Gasteiger partial charge on any atom is -0.368 e. The second kappa shape index (κ2) is 6.49. The number of nitrogens with one attached hydrogen (secondary N) is 1. The Morgan fingerprint density at radius 1 is 1.12 bits per heavy atom. The number of carbonyl (C=O) groups is 2. The van der Waals surface area contributed by atoms with E-state index >= 15 is 0 Å². The van der Waals surface area contributed by atoms with Crippen molar-refractivity contribution in [2.75, 3.05) is 10.3 Å². The molecule has 0 aliphatic carbocycles. The highest BCUT2D eigenvalue weighted by atomic mass is 19.1. The molecule has 2 amide bonds. The number of primary amides is 1. The van der Waals surface area contributed by atoms with Gasteiger partial charge in [0.25, 0.3) is 5.91 Å². The van der Waals surface area contributed by atoms with Gasteiger partial charge in [-0.2, -0.15) is 5.10 Å². The first-order chi connectivity index (χ1) is 11.5. The van der Waals surface area contributed by atoms with Crippen molar-refractivity contribution < 1.29 is 14.0 Å². The Bertz CT molecular complexity index is 790. The third-order valence-electron chi connectivity index (χ3n) is 3.62. The molecule has 6 nitrogen and oxygen atoms in total. The van der Waals surface area contributed by atoms with Gasteiger partial charge in [0.1, 0.15) is 17.6 Å². The van der Waals surface area contributed by atoms with Gasteiger partial charge in [-0.25, -0.2) is 4.39 Å². The number of hydrogen-bond donors (Lipinski definition) is 2. The van der Waals surface area contributed by atoms with Gasteiger partial charge >= 0.3 is 0 Å². The molecule has 3 N–H and O–H groups in total. The summed E-state index contributed by atoms with van der Waals surface area (Å²) in [4.78, 5) is 24.0. The highest BCUT2D eigenvalue weighted by Crippen LogP contribution is 2.24. The summed E-state index contributed by atoms with van der Waals surface area (Å²) in [7, 11) is 0. The Kier molecular flexibility index (Phi) is 4.24. The number of carbonyl (C=O) groups excluding carboxylic acids is 2. The van der Waals surface area contributed by atoms with Gasteiger partial charge in [-0.15, -0.1) is 0 Å². The van der Waals surface area contributed by atoms with Gasteiger partial charge in [-0.1, -0.05) is 18.2 Å². The molecule has 1 aliphatic heterocycles. The molecule has 24 heavy (non-hydrogen) atoms. The molecule has 0 spiro atoms. The molecule has 7 heteroatoms. The average molecular weight is 326 g/mol. The number of para-hydroxylation sites is 1. The van der Waals surface area contributed by atoms with Gasteiger partial charge in [0.2, 0.25) is 5.91 Å². The van der Waals surface area contributed by atoms with E-state index in [1.165, 1.54) is 29.3 Å². The van der Waals surface area contributed by atoms with E-state index in [1.807, 2.05) is 6.07 Å². The third kappa shape index (κ3) is 3.24. The zero-order valence-electron chi connectivity index (χ0n) is 12.6. The third-order valence-corrected chi connectivity index (χ3v) is 3.62. The first kappa shape index (κ1) is 15.7. The lowest BCUT2D eigenvalue weighted by atomic mass is 10.1. The first-order valence-electron chi connectivity index (χ1n) is 7.32. The molecule has 0 fully saturated rings. The largest absolute Gasteiger partial charge is 0.368 e. The van der Waals surface area contributed by atoms with Crippen LogP contribution in [0.4, 0.5) is 15.8 Å². The van der Waals surface area contributed by atoms with E-state index < -0.39 is 23.7 Å². The number of rotatable bonds is 4. The van der Waals surface area contributed by atoms with Crippen LogP contribution in [0.2, 0.25) is 0 Å². The lowest BCUT2D eigenvalue weighted by Crippen LogP contribution is -2.39. The summed E-state index contributed by atoms with van der Waals surface area (Å²) >= 11 is 0. The average Bonchev–Trinajstić information content (AvgIpc) is 3.03. The number of amides is 2. The zero-order chi connectivity index (χ0) is 17.1. The minimum absolute atomic E-state index is 0.108. The van der Waals surface area contributed by atoms with Crippen molar-refractivity contribution in [2.24, 2.45) is 10.8 Å². The van der Waals surface area contributed by atoms with Crippen molar-refractivity contribution in [3.63, 3.8) is 0 Å². The summed E-state index contributed by atoms with van der Waals surface area (Å²) < 4.78 is 12.9. The van der Waals surface area contributed by atoms with Crippen molar-refractivity contribution in [3.8, 4) is 0 Å². The minimum atomic E-state index is -0.721. The highest BCUT2D eigenvalue weighted by Gasteiger charge is 2.34. The summed E-state index contributed by atoms with van der Waals surface area (Å²) in [6, 6.07) is 13.7. The molecule has 1 atom stereocenters. The van der Waals surface area contributed by atoms with E-state index in [9.17, 15) is 14.0 Å². The van der Waals surface area contributed by atoms with Crippen LogP contribution < -0.4 is 16.1 Å². The molecular weight excluding hydrogens is 311 g/mol. The highest BCUT2D eigenvalue weighted by molar-refractivity contribution is 6.44. The molecule has 2 aromatic rings. The van der Waals surface area contributed by atoms with Gasteiger partial charge < -0.3 is 11.1 Å². The number of nitrogens with zero attached hydrogens (tertiary/aromatic N) is 2. The van der Waals surface area contributed by atoms with E-state index in [1.54, 1.807) is 24.3 Å². The Hall–Kier alpha value is -3.22. The number of anilines is 2. The van der Waals surface area contributed by atoms with Crippen LogP contribution in [0.5, 0.6) is 0 Å². The molecule has 0 saturated carbocycles. The summed E-state index contributed by atoms with van der Waals surface area (Å²) in [5, 5.41) is 8.31. The van der Waals surface area contributed by atoms with Gasteiger partial charge in [0.05, 0.1) is 5.69 Å². The Morgan fingerprint density at radius 3 is 2.42 bits per heavy atom. The van der Waals surface area contributed by atoms with Crippen molar-refractivity contribution in [2.45, 2.75) is 12.5 Å². The fraction of sp³-hybridized carbons (Fsp3) is 0.118. The Balaban J connectivity index is 1.81. The molecule has 3 rings (SSSR count). The Morgan fingerprint density at radius 2 is 1.79 bits per heavy atom. The van der Waals surface area contributed by atoms with Gasteiger partial charge in [-0.3, -0.25) is 14.6 Å². The lowest BCUT2D eigenvalue weighted by molar-refractivity contribution is -0.119. The molecule has 0 aromatic heterocycles. The normalized spacial score (nSPS) is 16.6. The van der Waals surface area contributed by atoms with E-state index in [0.29, 0.717) is 11.4 Å². The van der Waals surface area contributed by atoms with Crippen LogP contribution in [0.25, 0.3) is 0 Å². The zero-order valence-corrected chi connectivity index (χ0v) is 12.6. The number of halogens is 1. The van der Waals surface area contributed by atoms with Crippen LogP contribution in [0.15, 0.2) is 59.7 Å². The maximum Gasteiger partial charge on any atom is 0.271 e. The summed E-state index contributed by atoms with van der Waals surface area (Å²) in [6.45, 7) is 0. The molecule has 0 bridgehead atoms. The molecule has 0 saturated heterocycles. The van der Waals surface area contributed by atoms with Gasteiger partial charge in [0.15, 0.2) is 0 Å². The van der Waals surface area contributed by atoms with Crippen LogP contribution in [0.1, 0.15) is 6.42 Å². The molecular formula is C17H15FN4O2. The monoisotopic (exact) mass is 326 g/mol. The number of hydrogen-bond acceptors (Lipinski definition) is 4. The fourth-order valence-electron chi connectivity index (χ4n) is 2.42. The van der Waals surface area contributed by atoms with E-state index in [0.717, 1.165) is 0 Å². The molecule has 1 heterocycles. The summed E-state index contributed by atoms with van der Waals surface area (Å²) in [6.07, 6.45) is 0.108. The lowest BCUT2D eigenvalue weighted by Gasteiger charge is -2.20. The Labute approximate surface area is 137 Å². The molecule has 0 radical (unpaired) electrons. The predicted octanol–water partition coefficient (Wildman–Crippen LogP) is 1.88. The van der Waals surface area contributed by atoms with Crippen molar-refractivity contribution >= 4 is 28.9 Å². The van der Waals surface area contributed by atoms with Crippen molar-refractivity contribution in [3.05, 3.63) is 60.4 Å². The topological polar surface area (TPSA) is 87.8 Å². The van der Waals surface area contributed by atoms with E-state index in [4.69, 9.17) is 5.73 Å². The predicted molar refractivity (Wildman–Crippen MR) is 89.0 cm³/mol.